The summed E-state index contributed by atoms with van der Waals surface area (Å²) in [6.45, 7) is 1.65. The molecular weight excluding hydrogens is 261 g/mol. The van der Waals surface area contributed by atoms with Gasteiger partial charge in [0.2, 0.25) is 0 Å². The summed E-state index contributed by atoms with van der Waals surface area (Å²) in [4.78, 5) is 10.3. The highest BCUT2D eigenvalue weighted by Crippen LogP contribution is 2.57. The van der Waals surface area contributed by atoms with Gasteiger partial charge in [-0.05, 0) is 37.8 Å². The molecule has 1 aromatic rings. The molecule has 2 rings (SSSR count). The van der Waals surface area contributed by atoms with E-state index in [0.717, 1.165) is 25.7 Å². The van der Waals surface area contributed by atoms with Crippen LogP contribution >= 0.6 is 7.60 Å². The van der Waals surface area contributed by atoms with Crippen molar-refractivity contribution in [1.82, 2.24) is 0 Å². The van der Waals surface area contributed by atoms with Gasteiger partial charge >= 0.3 is 7.60 Å². The first-order valence-corrected chi connectivity index (χ1v) is 8.37. The molecule has 0 spiro atoms. The zero-order chi connectivity index (χ0) is 13.9. The van der Waals surface area contributed by atoms with Crippen molar-refractivity contribution < 1.29 is 14.0 Å². The zero-order valence-electron chi connectivity index (χ0n) is 11.3. The lowest BCUT2D eigenvalue weighted by Gasteiger charge is -2.38. The largest absolute Gasteiger partial charge is 0.423 e. The van der Waals surface area contributed by atoms with Crippen LogP contribution < -0.4 is 10.3 Å². The lowest BCUT2D eigenvalue weighted by atomic mass is 9.84. The molecular formula is C14H22NO3P. The predicted octanol–water partition coefficient (Wildman–Crippen LogP) is 3.51. The summed E-state index contributed by atoms with van der Waals surface area (Å²) in [6.07, 6.45) is 5.12. The molecule has 0 heterocycles. The lowest BCUT2D eigenvalue weighted by molar-refractivity contribution is 0.240. The summed E-state index contributed by atoms with van der Waals surface area (Å²) >= 11 is 0. The SMILES string of the molecule is CC(N)(C1CCCCC1)P(=O)(O)Oc1ccccc1. The van der Waals surface area contributed by atoms with Gasteiger partial charge in [-0.1, -0.05) is 37.5 Å². The zero-order valence-corrected chi connectivity index (χ0v) is 12.2. The van der Waals surface area contributed by atoms with Gasteiger partial charge in [-0.25, -0.2) is 4.57 Å². The highest BCUT2D eigenvalue weighted by atomic mass is 31.2. The monoisotopic (exact) mass is 283 g/mol. The first kappa shape index (κ1) is 14.6. The van der Waals surface area contributed by atoms with Crippen molar-refractivity contribution in [3.63, 3.8) is 0 Å². The van der Waals surface area contributed by atoms with Crippen LogP contribution in [0.25, 0.3) is 0 Å². The van der Waals surface area contributed by atoms with Gasteiger partial charge in [0.05, 0.1) is 0 Å². The average molecular weight is 283 g/mol. The fraction of sp³-hybridized carbons (Fsp3) is 0.571. The van der Waals surface area contributed by atoms with Crippen LogP contribution in [0, 0.1) is 5.92 Å². The highest BCUT2D eigenvalue weighted by Gasteiger charge is 2.48. The van der Waals surface area contributed by atoms with Crippen molar-refractivity contribution in [2.24, 2.45) is 11.7 Å². The molecule has 4 nitrogen and oxygen atoms in total. The maximum atomic E-state index is 12.5. The first-order valence-electron chi connectivity index (χ1n) is 6.80. The average Bonchev–Trinajstić information content (AvgIpc) is 2.40. The molecule has 106 valence electrons. The Hall–Kier alpha value is -0.830. The summed E-state index contributed by atoms with van der Waals surface area (Å²) in [5.41, 5.74) is 6.18. The van der Waals surface area contributed by atoms with E-state index in [9.17, 15) is 9.46 Å². The van der Waals surface area contributed by atoms with Gasteiger partial charge in [-0.3, -0.25) is 0 Å². The van der Waals surface area contributed by atoms with E-state index in [-0.39, 0.29) is 5.92 Å². The smallest absolute Gasteiger partial charge is 0.396 e. The molecule has 0 radical (unpaired) electrons. The fourth-order valence-corrected chi connectivity index (χ4v) is 3.96. The third-order valence-electron chi connectivity index (χ3n) is 4.01. The van der Waals surface area contributed by atoms with E-state index < -0.39 is 12.9 Å². The topological polar surface area (TPSA) is 72.6 Å². The van der Waals surface area contributed by atoms with Crippen molar-refractivity contribution in [1.29, 1.82) is 0 Å². The molecule has 5 heteroatoms. The van der Waals surface area contributed by atoms with Gasteiger partial charge in [-0.15, -0.1) is 0 Å². The minimum atomic E-state index is -3.91. The summed E-state index contributed by atoms with van der Waals surface area (Å²) in [6, 6.07) is 8.70. The Balaban J connectivity index is 2.15. The van der Waals surface area contributed by atoms with Crippen LogP contribution in [0.5, 0.6) is 5.75 Å². The molecule has 0 aliphatic heterocycles. The van der Waals surface area contributed by atoms with E-state index in [1.165, 1.54) is 6.42 Å². The highest BCUT2D eigenvalue weighted by molar-refractivity contribution is 7.54. The fourth-order valence-electron chi connectivity index (χ4n) is 2.64. The van der Waals surface area contributed by atoms with E-state index in [4.69, 9.17) is 10.3 Å². The van der Waals surface area contributed by atoms with Crippen LogP contribution in [0.4, 0.5) is 0 Å². The molecule has 0 bridgehead atoms. The van der Waals surface area contributed by atoms with E-state index in [0.29, 0.717) is 5.75 Å². The molecule has 2 atom stereocenters. The van der Waals surface area contributed by atoms with E-state index in [1.807, 2.05) is 6.07 Å². The van der Waals surface area contributed by atoms with E-state index >= 15 is 0 Å². The quantitative estimate of drug-likeness (QED) is 0.829. The van der Waals surface area contributed by atoms with Gasteiger partial charge in [0.15, 0.2) is 0 Å². The van der Waals surface area contributed by atoms with Gasteiger partial charge in [0.1, 0.15) is 11.0 Å². The molecule has 1 aliphatic rings. The second-order valence-corrected chi connectivity index (χ2v) is 7.67. The summed E-state index contributed by atoms with van der Waals surface area (Å²) < 4.78 is 17.8. The number of rotatable bonds is 4. The number of hydrogen-bond acceptors (Lipinski definition) is 3. The minimum absolute atomic E-state index is 0.0424. The van der Waals surface area contributed by atoms with Crippen LogP contribution in [-0.4, -0.2) is 10.2 Å². The molecule has 19 heavy (non-hydrogen) atoms. The Morgan fingerprint density at radius 3 is 2.42 bits per heavy atom. The van der Waals surface area contributed by atoms with Crippen LogP contribution in [0.15, 0.2) is 30.3 Å². The van der Waals surface area contributed by atoms with Crippen molar-refractivity contribution >= 4 is 7.60 Å². The second kappa shape index (κ2) is 5.66. The second-order valence-electron chi connectivity index (χ2n) is 5.49. The molecule has 1 fully saturated rings. The Kier molecular flexibility index (Phi) is 4.34. The van der Waals surface area contributed by atoms with Gasteiger partial charge < -0.3 is 15.2 Å². The maximum Gasteiger partial charge on any atom is 0.396 e. The van der Waals surface area contributed by atoms with Crippen molar-refractivity contribution in [2.75, 3.05) is 0 Å². The van der Waals surface area contributed by atoms with Crippen molar-refractivity contribution in [2.45, 2.75) is 44.3 Å². The van der Waals surface area contributed by atoms with Crippen molar-refractivity contribution in [3.05, 3.63) is 30.3 Å². The molecule has 0 aromatic heterocycles. The number of benzene rings is 1. The Labute approximate surface area is 114 Å². The van der Waals surface area contributed by atoms with E-state index in [2.05, 4.69) is 0 Å². The van der Waals surface area contributed by atoms with Gasteiger partial charge in [0, 0.05) is 0 Å². The number of hydrogen-bond donors (Lipinski definition) is 2. The van der Waals surface area contributed by atoms with Crippen LogP contribution in [0.2, 0.25) is 0 Å². The first-order chi connectivity index (χ1) is 8.93. The maximum absolute atomic E-state index is 12.5. The molecule has 3 N–H and O–H groups in total. The number of para-hydroxylation sites is 1. The molecule has 2 unspecified atom stereocenters. The minimum Gasteiger partial charge on any atom is -0.423 e. The lowest BCUT2D eigenvalue weighted by Crippen LogP contribution is -2.45. The van der Waals surface area contributed by atoms with Crippen LogP contribution in [-0.2, 0) is 4.57 Å². The van der Waals surface area contributed by atoms with Gasteiger partial charge in [-0.2, -0.15) is 0 Å². The molecule has 1 aromatic carbocycles. The van der Waals surface area contributed by atoms with Crippen LogP contribution in [0.3, 0.4) is 0 Å². The molecule has 1 saturated carbocycles. The summed E-state index contributed by atoms with van der Waals surface area (Å²) in [5, 5.41) is -1.19. The van der Waals surface area contributed by atoms with E-state index in [1.54, 1.807) is 31.2 Å². The van der Waals surface area contributed by atoms with Gasteiger partial charge in [0.25, 0.3) is 0 Å². The third kappa shape index (κ3) is 3.19. The third-order valence-corrected chi connectivity index (χ3v) is 6.05. The van der Waals surface area contributed by atoms with Crippen LogP contribution in [0.1, 0.15) is 39.0 Å². The standard InChI is InChI=1S/C14H22NO3P/c1-14(15,12-8-4-2-5-9-12)19(16,17)18-13-10-6-3-7-11-13/h3,6-7,10-12H,2,4-5,8-9,15H2,1H3,(H,16,17). The normalized spacial score (nSPS) is 23.3. The molecule has 0 saturated heterocycles. The molecule has 0 amide bonds. The Bertz CT molecular complexity index is 455. The van der Waals surface area contributed by atoms with Crippen molar-refractivity contribution in [3.8, 4) is 5.75 Å². The Morgan fingerprint density at radius 1 is 1.26 bits per heavy atom. The summed E-state index contributed by atoms with van der Waals surface area (Å²) in [5.74, 6) is 0.432. The molecule has 1 aliphatic carbocycles. The Morgan fingerprint density at radius 2 is 1.84 bits per heavy atom. The predicted molar refractivity (Wildman–Crippen MR) is 76.1 cm³/mol. The number of nitrogens with two attached hydrogens (primary N) is 1. The summed E-state index contributed by atoms with van der Waals surface area (Å²) in [7, 11) is -3.91.